The number of urea groups is 1. The quantitative estimate of drug-likeness (QED) is 0.498. The van der Waals surface area contributed by atoms with Gasteiger partial charge >= 0.3 is 6.03 Å². The molecule has 35 heavy (non-hydrogen) atoms. The Kier molecular flexibility index (Phi) is 5.60. The summed E-state index contributed by atoms with van der Waals surface area (Å²) >= 11 is 6.51. The number of hydrogen-bond acceptors (Lipinski definition) is 4. The molecular weight excluding hydrogens is 466 g/mol. The minimum Gasteiger partial charge on any atom is -0.493 e. The van der Waals surface area contributed by atoms with E-state index in [0.717, 1.165) is 11.1 Å². The second-order valence-corrected chi connectivity index (χ2v) is 9.44. The summed E-state index contributed by atoms with van der Waals surface area (Å²) in [5.41, 5.74) is 2.46. The molecule has 3 amide bonds. The highest BCUT2D eigenvalue weighted by molar-refractivity contribution is 6.33. The number of carbonyl (C=O) groups is 2. The first-order chi connectivity index (χ1) is 16.7. The number of fused-ring (bicyclic) bond motifs is 4. The fourth-order valence-electron chi connectivity index (χ4n) is 5.09. The summed E-state index contributed by atoms with van der Waals surface area (Å²) in [4.78, 5) is 28.8. The van der Waals surface area contributed by atoms with E-state index in [4.69, 9.17) is 21.1 Å². The average Bonchev–Trinajstić information content (AvgIpc) is 2.81. The fourth-order valence-corrected chi connectivity index (χ4v) is 5.31. The van der Waals surface area contributed by atoms with Gasteiger partial charge in [-0.15, -0.1) is 0 Å². The van der Waals surface area contributed by atoms with Gasteiger partial charge in [0.05, 0.1) is 23.9 Å². The van der Waals surface area contributed by atoms with Crippen LogP contribution in [-0.2, 0) is 4.79 Å². The Morgan fingerprint density at radius 3 is 2.63 bits per heavy atom. The van der Waals surface area contributed by atoms with Crippen molar-refractivity contribution < 1.29 is 19.1 Å². The van der Waals surface area contributed by atoms with E-state index in [0.29, 0.717) is 33.5 Å². The molecule has 180 valence electrons. The molecule has 0 aliphatic carbocycles. The largest absolute Gasteiger partial charge is 0.493 e. The molecule has 3 atom stereocenters. The molecular formula is C27H26ClN3O4. The smallest absolute Gasteiger partial charge is 0.325 e. The number of rotatable bonds is 4. The van der Waals surface area contributed by atoms with Gasteiger partial charge in [0.25, 0.3) is 0 Å². The molecule has 0 saturated carbocycles. The van der Waals surface area contributed by atoms with E-state index in [1.807, 2.05) is 44.2 Å². The first-order valence-corrected chi connectivity index (χ1v) is 11.7. The van der Waals surface area contributed by atoms with Crippen LogP contribution in [-0.4, -0.2) is 24.8 Å². The molecule has 2 aliphatic heterocycles. The Morgan fingerprint density at radius 1 is 1.14 bits per heavy atom. The van der Waals surface area contributed by atoms with Crippen LogP contribution in [0.3, 0.4) is 0 Å². The summed E-state index contributed by atoms with van der Waals surface area (Å²) in [6, 6.07) is 17.2. The second kappa shape index (κ2) is 8.50. The van der Waals surface area contributed by atoms with Gasteiger partial charge in [-0.05, 0) is 50.6 Å². The molecule has 0 radical (unpaired) electrons. The number of methoxy groups -OCH3 is 1. The summed E-state index contributed by atoms with van der Waals surface area (Å²) in [5.74, 6) is -0.0934. The number of nitrogens with one attached hydrogen (secondary N) is 2. The van der Waals surface area contributed by atoms with Crippen molar-refractivity contribution >= 4 is 34.9 Å². The lowest BCUT2D eigenvalue weighted by molar-refractivity contribution is -0.131. The Morgan fingerprint density at radius 2 is 1.91 bits per heavy atom. The third-order valence-corrected chi connectivity index (χ3v) is 7.04. The number of nitrogens with zero attached hydrogens (tertiary/aromatic N) is 1. The molecule has 2 bridgehead atoms. The lowest BCUT2D eigenvalue weighted by atomic mass is 9.78. The van der Waals surface area contributed by atoms with Crippen molar-refractivity contribution in [2.24, 2.45) is 5.92 Å². The molecule has 3 aromatic rings. The lowest BCUT2D eigenvalue weighted by Crippen LogP contribution is -2.72. The van der Waals surface area contributed by atoms with Crippen LogP contribution < -0.4 is 25.0 Å². The summed E-state index contributed by atoms with van der Waals surface area (Å²) < 4.78 is 12.1. The third-order valence-electron chi connectivity index (χ3n) is 6.73. The van der Waals surface area contributed by atoms with E-state index >= 15 is 0 Å². The predicted molar refractivity (Wildman–Crippen MR) is 135 cm³/mol. The molecule has 7 nitrogen and oxygen atoms in total. The van der Waals surface area contributed by atoms with E-state index in [1.54, 1.807) is 44.4 Å². The summed E-state index contributed by atoms with van der Waals surface area (Å²) in [6.07, 6.45) is 0. The molecule has 1 saturated heterocycles. The number of amides is 3. The lowest BCUT2D eigenvalue weighted by Gasteiger charge is -2.54. The van der Waals surface area contributed by atoms with Crippen LogP contribution in [0.4, 0.5) is 16.2 Å². The molecule has 8 heteroatoms. The van der Waals surface area contributed by atoms with Crippen molar-refractivity contribution in [1.82, 2.24) is 5.32 Å². The number of halogens is 1. The number of ether oxygens (including phenoxy) is 2. The first-order valence-electron chi connectivity index (χ1n) is 11.3. The van der Waals surface area contributed by atoms with Gasteiger partial charge in [-0.3, -0.25) is 9.69 Å². The Hall–Kier alpha value is -3.71. The fraction of sp³-hybridized carbons (Fsp3) is 0.259. The molecule has 2 N–H and O–H groups in total. The van der Waals surface area contributed by atoms with E-state index < -0.39 is 23.7 Å². The maximum absolute atomic E-state index is 13.9. The van der Waals surface area contributed by atoms with Gasteiger partial charge in [0.2, 0.25) is 11.6 Å². The van der Waals surface area contributed by atoms with Crippen LogP contribution in [0.15, 0.2) is 60.7 Å². The zero-order valence-corrected chi connectivity index (χ0v) is 20.6. The summed E-state index contributed by atoms with van der Waals surface area (Å²) in [6.45, 7) is 5.69. The number of aryl methyl sites for hydroxylation is 2. The van der Waals surface area contributed by atoms with Crippen molar-refractivity contribution in [2.45, 2.75) is 32.5 Å². The average molecular weight is 492 g/mol. The Labute approximate surface area is 209 Å². The second-order valence-electron chi connectivity index (χ2n) is 9.03. The number of hydrogen-bond donors (Lipinski definition) is 2. The zero-order valence-electron chi connectivity index (χ0n) is 19.9. The highest BCUT2D eigenvalue weighted by Crippen LogP contribution is 2.53. The Bertz CT molecular complexity index is 1340. The molecule has 0 unspecified atom stereocenters. The normalized spacial score (nSPS) is 22.5. The number of carbonyl (C=O) groups excluding carboxylic acids is 2. The maximum Gasteiger partial charge on any atom is 0.325 e. The van der Waals surface area contributed by atoms with Crippen molar-refractivity contribution in [1.29, 1.82) is 0 Å². The van der Waals surface area contributed by atoms with Gasteiger partial charge in [0.1, 0.15) is 5.92 Å². The van der Waals surface area contributed by atoms with Gasteiger partial charge in [-0.1, -0.05) is 53.6 Å². The summed E-state index contributed by atoms with van der Waals surface area (Å²) in [7, 11) is 1.56. The van der Waals surface area contributed by atoms with Crippen molar-refractivity contribution in [3.8, 4) is 11.5 Å². The monoisotopic (exact) mass is 491 g/mol. The van der Waals surface area contributed by atoms with Crippen LogP contribution in [0.2, 0.25) is 5.02 Å². The highest BCUT2D eigenvalue weighted by atomic mass is 35.5. The van der Waals surface area contributed by atoms with Crippen LogP contribution in [0.5, 0.6) is 11.5 Å². The van der Waals surface area contributed by atoms with Gasteiger partial charge in [-0.2, -0.15) is 0 Å². The van der Waals surface area contributed by atoms with Crippen LogP contribution in [0.25, 0.3) is 0 Å². The maximum atomic E-state index is 13.9. The van der Waals surface area contributed by atoms with Crippen molar-refractivity contribution in [2.75, 3.05) is 17.3 Å². The van der Waals surface area contributed by atoms with E-state index in [2.05, 4.69) is 10.6 Å². The molecule has 3 aromatic carbocycles. The molecule has 1 fully saturated rings. The minimum absolute atomic E-state index is 0.282. The topological polar surface area (TPSA) is 79.9 Å². The van der Waals surface area contributed by atoms with Crippen LogP contribution in [0, 0.1) is 19.8 Å². The van der Waals surface area contributed by atoms with E-state index in [-0.39, 0.29) is 5.91 Å². The van der Waals surface area contributed by atoms with Gasteiger partial charge in [0, 0.05) is 11.3 Å². The standard InChI is InChI=1S/C27H26ClN3O4/c1-15-12-13-19(16(2)14-15)29-25(32)22-23-17-8-7-11-21(34-4)24(17)35-27(22,3)31(26(33)30-23)20-10-6-5-9-18(20)28/h5-14,22-23H,1-4H3,(H,29,32)(H,30,33)/t22-,23-,27+/m1/s1. The van der Waals surface area contributed by atoms with E-state index in [1.165, 1.54) is 4.90 Å². The van der Waals surface area contributed by atoms with Gasteiger partial charge in [-0.25, -0.2) is 4.79 Å². The molecule has 5 rings (SSSR count). The predicted octanol–water partition coefficient (Wildman–Crippen LogP) is 5.60. The summed E-state index contributed by atoms with van der Waals surface area (Å²) in [5, 5.41) is 6.46. The van der Waals surface area contributed by atoms with Crippen molar-refractivity contribution in [3.63, 3.8) is 0 Å². The highest BCUT2D eigenvalue weighted by Gasteiger charge is 2.61. The number of para-hydroxylation sites is 2. The van der Waals surface area contributed by atoms with Crippen molar-refractivity contribution in [3.05, 3.63) is 82.4 Å². The van der Waals surface area contributed by atoms with Crippen LogP contribution >= 0.6 is 11.6 Å². The number of anilines is 2. The zero-order chi connectivity index (χ0) is 24.9. The third kappa shape index (κ3) is 3.67. The molecule has 0 aromatic heterocycles. The first kappa shape index (κ1) is 23.1. The van der Waals surface area contributed by atoms with Crippen LogP contribution in [0.1, 0.15) is 29.7 Å². The van der Waals surface area contributed by atoms with E-state index in [9.17, 15) is 9.59 Å². The number of benzene rings is 3. The minimum atomic E-state index is -1.40. The Balaban J connectivity index is 1.66. The SMILES string of the molecule is COc1cccc2c1O[C@@]1(C)[C@@H](C(=O)Nc3ccc(C)cc3C)[C@@H]2NC(=O)N1c1ccccc1Cl. The molecule has 2 heterocycles. The van der Waals surface area contributed by atoms with Gasteiger partial charge in [0.15, 0.2) is 11.5 Å². The molecule has 0 spiro atoms. The van der Waals surface area contributed by atoms with Gasteiger partial charge < -0.3 is 20.1 Å². The molecule has 2 aliphatic rings.